The molecule has 25 heavy (non-hydrogen) atoms. The molecule has 0 bridgehead atoms. The van der Waals surface area contributed by atoms with E-state index in [4.69, 9.17) is 0 Å². The summed E-state index contributed by atoms with van der Waals surface area (Å²) in [7, 11) is 0. The minimum atomic E-state index is -0.0565. The molecular weight excluding hydrogens is 314 g/mol. The van der Waals surface area contributed by atoms with Crippen LogP contribution in [0.2, 0.25) is 0 Å². The second-order valence-corrected chi connectivity index (χ2v) is 7.23. The highest BCUT2D eigenvalue weighted by Gasteiger charge is 2.34. The summed E-state index contributed by atoms with van der Waals surface area (Å²) in [6.45, 7) is 8.24. The minimum Gasteiger partial charge on any atom is -0.335 e. The molecule has 2 heterocycles. The van der Waals surface area contributed by atoms with Gasteiger partial charge in [0.15, 0.2) is 0 Å². The highest BCUT2D eigenvalue weighted by atomic mass is 16.2. The molecule has 1 atom stereocenters. The van der Waals surface area contributed by atoms with E-state index in [1.165, 1.54) is 18.4 Å². The summed E-state index contributed by atoms with van der Waals surface area (Å²) in [5.74, 6) is 0.184. The average Bonchev–Trinajstić information content (AvgIpc) is 3.13. The Balaban J connectivity index is 1.57. The van der Waals surface area contributed by atoms with Gasteiger partial charge in [0.1, 0.15) is 0 Å². The van der Waals surface area contributed by atoms with Crippen LogP contribution in [-0.2, 0) is 16.1 Å². The second-order valence-electron chi connectivity index (χ2n) is 7.23. The van der Waals surface area contributed by atoms with Crippen LogP contribution >= 0.6 is 0 Å². The van der Waals surface area contributed by atoms with E-state index >= 15 is 0 Å². The van der Waals surface area contributed by atoms with Gasteiger partial charge >= 0.3 is 0 Å². The molecule has 5 heteroatoms. The number of aryl methyl sites for hydroxylation is 1. The van der Waals surface area contributed by atoms with E-state index in [-0.39, 0.29) is 24.4 Å². The fourth-order valence-corrected chi connectivity index (χ4v) is 3.83. The third kappa shape index (κ3) is 4.21. The van der Waals surface area contributed by atoms with E-state index in [0.717, 1.165) is 25.1 Å². The van der Waals surface area contributed by atoms with Crippen molar-refractivity contribution in [3.8, 4) is 0 Å². The molecule has 2 amide bonds. The number of rotatable bonds is 5. The molecular formula is C20H29N3O2. The average molecular weight is 343 g/mol. The van der Waals surface area contributed by atoms with Crippen molar-refractivity contribution in [2.45, 2.75) is 45.7 Å². The third-order valence-electron chi connectivity index (χ3n) is 5.38. The molecule has 0 spiro atoms. The van der Waals surface area contributed by atoms with Gasteiger partial charge in [-0.3, -0.25) is 14.5 Å². The SMILES string of the molecule is CC[C@H](C(=O)N1CCN(Cc2ccc(C)cc2)C(=O)C1)N1CCCC1. The van der Waals surface area contributed by atoms with Crippen LogP contribution in [0, 0.1) is 6.92 Å². The first-order chi connectivity index (χ1) is 12.1. The Morgan fingerprint density at radius 3 is 2.36 bits per heavy atom. The number of carbonyl (C=O) groups excluding carboxylic acids is 2. The van der Waals surface area contributed by atoms with E-state index in [1.54, 1.807) is 4.90 Å². The first-order valence-corrected chi connectivity index (χ1v) is 9.44. The van der Waals surface area contributed by atoms with Crippen molar-refractivity contribution in [1.82, 2.24) is 14.7 Å². The van der Waals surface area contributed by atoms with E-state index in [2.05, 4.69) is 43.0 Å². The van der Waals surface area contributed by atoms with Crippen molar-refractivity contribution >= 4 is 11.8 Å². The van der Waals surface area contributed by atoms with Crippen LogP contribution in [0.25, 0.3) is 0 Å². The lowest BCUT2D eigenvalue weighted by molar-refractivity contribution is -0.148. The van der Waals surface area contributed by atoms with Gasteiger partial charge < -0.3 is 9.80 Å². The number of piperazine rings is 1. The molecule has 3 rings (SSSR count). The topological polar surface area (TPSA) is 43.9 Å². The minimum absolute atomic E-state index is 0.0523. The highest BCUT2D eigenvalue weighted by Crippen LogP contribution is 2.18. The van der Waals surface area contributed by atoms with Crippen LogP contribution in [0.1, 0.15) is 37.3 Å². The van der Waals surface area contributed by atoms with Gasteiger partial charge in [0.05, 0.1) is 12.6 Å². The first-order valence-electron chi connectivity index (χ1n) is 9.44. The molecule has 0 radical (unpaired) electrons. The Morgan fingerprint density at radius 2 is 1.76 bits per heavy atom. The molecule has 2 aliphatic rings. The molecule has 0 aliphatic carbocycles. The van der Waals surface area contributed by atoms with Crippen LogP contribution in [-0.4, -0.2) is 65.3 Å². The largest absolute Gasteiger partial charge is 0.335 e. The Hall–Kier alpha value is -1.88. The zero-order valence-electron chi connectivity index (χ0n) is 15.4. The molecule has 2 fully saturated rings. The van der Waals surface area contributed by atoms with E-state index in [9.17, 15) is 9.59 Å². The first kappa shape index (κ1) is 17.9. The molecule has 0 aromatic heterocycles. The van der Waals surface area contributed by atoms with Crippen molar-refractivity contribution in [2.24, 2.45) is 0 Å². The predicted octanol–water partition coefficient (Wildman–Crippen LogP) is 2.04. The molecule has 0 saturated carbocycles. The van der Waals surface area contributed by atoms with Crippen molar-refractivity contribution in [2.75, 3.05) is 32.7 Å². The Labute approximate surface area is 150 Å². The number of nitrogens with zero attached hydrogens (tertiary/aromatic N) is 3. The summed E-state index contributed by atoms with van der Waals surface area (Å²) in [6, 6.07) is 8.23. The molecule has 1 aromatic carbocycles. The van der Waals surface area contributed by atoms with Gasteiger partial charge in [-0.25, -0.2) is 0 Å². The quantitative estimate of drug-likeness (QED) is 0.822. The van der Waals surface area contributed by atoms with E-state index in [0.29, 0.717) is 19.6 Å². The summed E-state index contributed by atoms with van der Waals surface area (Å²) >= 11 is 0. The number of hydrogen-bond donors (Lipinski definition) is 0. The van der Waals surface area contributed by atoms with Crippen molar-refractivity contribution in [3.63, 3.8) is 0 Å². The normalized spacial score (nSPS) is 20.2. The number of hydrogen-bond acceptors (Lipinski definition) is 3. The standard InChI is InChI=1S/C20H29N3O2/c1-3-18(21-10-4-5-11-21)20(25)23-13-12-22(19(24)15-23)14-17-8-6-16(2)7-9-17/h6-9,18H,3-5,10-15H2,1-2H3/t18-/m1/s1. The zero-order chi connectivity index (χ0) is 17.8. The Kier molecular flexibility index (Phi) is 5.74. The Morgan fingerprint density at radius 1 is 1.08 bits per heavy atom. The smallest absolute Gasteiger partial charge is 0.242 e. The molecule has 2 saturated heterocycles. The molecule has 1 aromatic rings. The van der Waals surface area contributed by atoms with E-state index < -0.39 is 0 Å². The van der Waals surface area contributed by atoms with Gasteiger partial charge in [0.2, 0.25) is 11.8 Å². The van der Waals surface area contributed by atoms with Crippen molar-refractivity contribution in [3.05, 3.63) is 35.4 Å². The van der Waals surface area contributed by atoms with Crippen molar-refractivity contribution in [1.29, 1.82) is 0 Å². The fourth-order valence-electron chi connectivity index (χ4n) is 3.83. The lowest BCUT2D eigenvalue weighted by atomic mass is 10.1. The van der Waals surface area contributed by atoms with Gasteiger partial charge in [0.25, 0.3) is 0 Å². The fraction of sp³-hybridized carbons (Fsp3) is 0.600. The molecule has 136 valence electrons. The molecule has 5 nitrogen and oxygen atoms in total. The summed E-state index contributed by atoms with van der Waals surface area (Å²) in [4.78, 5) is 31.3. The lowest BCUT2D eigenvalue weighted by Crippen LogP contribution is -2.56. The van der Waals surface area contributed by atoms with Gasteiger partial charge in [-0.2, -0.15) is 0 Å². The predicted molar refractivity (Wildman–Crippen MR) is 98.1 cm³/mol. The second kappa shape index (κ2) is 8.00. The molecule has 0 unspecified atom stereocenters. The molecule has 2 aliphatic heterocycles. The van der Waals surface area contributed by atoms with Crippen LogP contribution in [0.5, 0.6) is 0 Å². The number of benzene rings is 1. The maximum absolute atomic E-state index is 12.9. The van der Waals surface area contributed by atoms with Crippen LogP contribution in [0.4, 0.5) is 0 Å². The van der Waals surface area contributed by atoms with Crippen LogP contribution in [0.15, 0.2) is 24.3 Å². The summed E-state index contributed by atoms with van der Waals surface area (Å²) in [5.41, 5.74) is 2.36. The maximum Gasteiger partial charge on any atom is 0.242 e. The number of likely N-dealkylation sites (tertiary alicyclic amines) is 1. The van der Waals surface area contributed by atoms with Gasteiger partial charge in [-0.05, 0) is 44.8 Å². The monoisotopic (exact) mass is 343 g/mol. The highest BCUT2D eigenvalue weighted by molar-refractivity contribution is 5.88. The maximum atomic E-state index is 12.9. The lowest BCUT2D eigenvalue weighted by Gasteiger charge is -2.37. The van der Waals surface area contributed by atoms with Gasteiger partial charge in [-0.15, -0.1) is 0 Å². The summed E-state index contributed by atoms with van der Waals surface area (Å²) in [5, 5.41) is 0. The number of carbonyl (C=O) groups is 2. The van der Waals surface area contributed by atoms with Crippen LogP contribution < -0.4 is 0 Å². The third-order valence-corrected chi connectivity index (χ3v) is 5.38. The molecule has 0 N–H and O–H groups in total. The number of amides is 2. The van der Waals surface area contributed by atoms with E-state index in [1.807, 2.05) is 4.90 Å². The van der Waals surface area contributed by atoms with Gasteiger partial charge in [-0.1, -0.05) is 36.8 Å². The van der Waals surface area contributed by atoms with Crippen LogP contribution in [0.3, 0.4) is 0 Å². The summed E-state index contributed by atoms with van der Waals surface area (Å²) in [6.07, 6.45) is 3.16. The Bertz CT molecular complexity index is 608. The summed E-state index contributed by atoms with van der Waals surface area (Å²) < 4.78 is 0. The van der Waals surface area contributed by atoms with Gasteiger partial charge in [0, 0.05) is 19.6 Å². The zero-order valence-corrected chi connectivity index (χ0v) is 15.4. The van der Waals surface area contributed by atoms with Crippen molar-refractivity contribution < 1.29 is 9.59 Å².